The van der Waals surface area contributed by atoms with Crippen molar-refractivity contribution in [3.63, 3.8) is 0 Å². The molecule has 0 saturated heterocycles. The minimum absolute atomic E-state index is 0.145. The first-order valence-corrected chi connectivity index (χ1v) is 6.28. The van der Waals surface area contributed by atoms with E-state index < -0.39 is 0 Å². The molecule has 1 saturated carbocycles. The Morgan fingerprint density at radius 2 is 2.00 bits per heavy atom. The predicted molar refractivity (Wildman–Crippen MR) is 68.8 cm³/mol. The first-order valence-electron chi connectivity index (χ1n) is 6.28. The molecule has 0 amide bonds. The predicted octanol–water partition coefficient (Wildman–Crippen LogP) is 3.40. The van der Waals surface area contributed by atoms with Crippen LogP contribution < -0.4 is 5.32 Å². The summed E-state index contributed by atoms with van der Waals surface area (Å²) >= 11 is 0. The molecule has 0 unspecified atom stereocenters. The Kier molecular flexibility index (Phi) is 3.33. The molecule has 17 heavy (non-hydrogen) atoms. The number of aromatic nitrogens is 1. The van der Waals surface area contributed by atoms with E-state index in [0.29, 0.717) is 5.56 Å². The van der Waals surface area contributed by atoms with Gasteiger partial charge in [0.2, 0.25) is 0 Å². The van der Waals surface area contributed by atoms with Crippen LogP contribution in [0.5, 0.6) is 0 Å². The molecule has 2 rings (SSSR count). The molecule has 90 valence electrons. The standard InChI is InChI=1S/C14H19N3/c1-11-8-12(10-15)9-13(16-11)17-14(2)6-4-3-5-7-14/h8-9H,3-7H2,1-2H3,(H,16,17). The van der Waals surface area contributed by atoms with Gasteiger partial charge in [-0.05, 0) is 38.8 Å². The van der Waals surface area contributed by atoms with Gasteiger partial charge < -0.3 is 5.32 Å². The van der Waals surface area contributed by atoms with E-state index in [9.17, 15) is 0 Å². The minimum atomic E-state index is 0.145. The Bertz CT molecular complexity index is 439. The number of nitrogens with zero attached hydrogens (tertiary/aromatic N) is 2. The molecule has 0 atom stereocenters. The second-order valence-electron chi connectivity index (χ2n) is 5.24. The van der Waals surface area contributed by atoms with Gasteiger partial charge in [-0.2, -0.15) is 5.26 Å². The highest BCUT2D eigenvalue weighted by molar-refractivity contribution is 5.46. The normalized spacial score (nSPS) is 18.4. The second-order valence-corrected chi connectivity index (χ2v) is 5.24. The summed E-state index contributed by atoms with van der Waals surface area (Å²) in [7, 11) is 0. The molecule has 3 nitrogen and oxygen atoms in total. The highest BCUT2D eigenvalue weighted by Crippen LogP contribution is 2.30. The first-order chi connectivity index (χ1) is 8.11. The topological polar surface area (TPSA) is 48.7 Å². The summed E-state index contributed by atoms with van der Waals surface area (Å²) < 4.78 is 0. The molecule has 0 bridgehead atoms. The Labute approximate surface area is 103 Å². The quantitative estimate of drug-likeness (QED) is 0.845. The van der Waals surface area contributed by atoms with Gasteiger partial charge in [0.1, 0.15) is 5.82 Å². The maximum atomic E-state index is 8.95. The lowest BCUT2D eigenvalue weighted by Crippen LogP contribution is -2.37. The van der Waals surface area contributed by atoms with Crippen LogP contribution in [0, 0.1) is 18.3 Å². The van der Waals surface area contributed by atoms with Crippen molar-refractivity contribution in [3.05, 3.63) is 23.4 Å². The monoisotopic (exact) mass is 229 g/mol. The van der Waals surface area contributed by atoms with Crippen LogP contribution >= 0.6 is 0 Å². The molecular formula is C14H19N3. The van der Waals surface area contributed by atoms with Crippen molar-refractivity contribution >= 4 is 5.82 Å². The zero-order chi connectivity index (χ0) is 12.3. The van der Waals surface area contributed by atoms with Crippen molar-refractivity contribution in [2.45, 2.75) is 51.5 Å². The summed E-state index contributed by atoms with van der Waals surface area (Å²) in [6.45, 7) is 4.18. The van der Waals surface area contributed by atoms with Crippen LogP contribution in [0.15, 0.2) is 12.1 Å². The fourth-order valence-electron chi connectivity index (χ4n) is 2.56. The van der Waals surface area contributed by atoms with E-state index in [1.54, 1.807) is 0 Å². The third-order valence-electron chi connectivity index (χ3n) is 3.47. The van der Waals surface area contributed by atoms with E-state index in [1.165, 1.54) is 32.1 Å². The van der Waals surface area contributed by atoms with Crippen LogP contribution in [0.2, 0.25) is 0 Å². The molecule has 1 aliphatic rings. The smallest absolute Gasteiger partial charge is 0.127 e. The fraction of sp³-hybridized carbons (Fsp3) is 0.571. The number of aryl methyl sites for hydroxylation is 1. The third kappa shape index (κ3) is 2.97. The summed E-state index contributed by atoms with van der Waals surface area (Å²) in [4.78, 5) is 4.46. The van der Waals surface area contributed by atoms with Gasteiger partial charge in [0.05, 0.1) is 11.6 Å². The number of hydrogen-bond donors (Lipinski definition) is 1. The van der Waals surface area contributed by atoms with Gasteiger partial charge >= 0.3 is 0 Å². The number of rotatable bonds is 2. The average Bonchev–Trinajstić information content (AvgIpc) is 2.28. The fourth-order valence-corrected chi connectivity index (χ4v) is 2.56. The molecule has 0 radical (unpaired) electrons. The molecule has 0 aliphatic heterocycles. The molecule has 1 aromatic rings. The van der Waals surface area contributed by atoms with Gasteiger partial charge in [-0.15, -0.1) is 0 Å². The van der Waals surface area contributed by atoms with Crippen molar-refractivity contribution < 1.29 is 0 Å². The van der Waals surface area contributed by atoms with Crippen LogP contribution in [0.4, 0.5) is 5.82 Å². The van der Waals surface area contributed by atoms with Crippen molar-refractivity contribution in [2.75, 3.05) is 5.32 Å². The molecule has 1 N–H and O–H groups in total. The van der Waals surface area contributed by atoms with E-state index in [4.69, 9.17) is 5.26 Å². The molecule has 3 heteroatoms. The second kappa shape index (κ2) is 4.75. The third-order valence-corrected chi connectivity index (χ3v) is 3.47. The maximum absolute atomic E-state index is 8.95. The summed E-state index contributed by atoms with van der Waals surface area (Å²) in [6.07, 6.45) is 6.26. The molecule has 0 aromatic carbocycles. The van der Waals surface area contributed by atoms with Crippen molar-refractivity contribution in [1.29, 1.82) is 5.26 Å². The van der Waals surface area contributed by atoms with Crippen molar-refractivity contribution in [2.24, 2.45) is 0 Å². The summed E-state index contributed by atoms with van der Waals surface area (Å²) in [5, 5.41) is 12.5. The highest BCUT2D eigenvalue weighted by atomic mass is 15.1. The van der Waals surface area contributed by atoms with Crippen molar-refractivity contribution in [1.82, 2.24) is 4.98 Å². The van der Waals surface area contributed by atoms with E-state index >= 15 is 0 Å². The molecule has 1 aromatic heterocycles. The molecule has 0 spiro atoms. The van der Waals surface area contributed by atoms with Gasteiger partial charge in [0.15, 0.2) is 0 Å². The van der Waals surface area contributed by atoms with Crippen LogP contribution in [0.25, 0.3) is 0 Å². The lowest BCUT2D eigenvalue weighted by atomic mass is 9.83. The number of pyridine rings is 1. The number of nitrogens with one attached hydrogen (secondary N) is 1. The Morgan fingerprint density at radius 3 is 2.65 bits per heavy atom. The summed E-state index contributed by atoms with van der Waals surface area (Å²) in [5.41, 5.74) is 1.72. The van der Waals surface area contributed by atoms with E-state index in [1.807, 2.05) is 19.1 Å². The lowest BCUT2D eigenvalue weighted by Gasteiger charge is -2.35. The Balaban J connectivity index is 2.17. The Hall–Kier alpha value is -1.56. The van der Waals surface area contributed by atoms with Crippen LogP contribution in [-0.4, -0.2) is 10.5 Å². The zero-order valence-electron chi connectivity index (χ0n) is 10.6. The first kappa shape index (κ1) is 11.9. The highest BCUT2D eigenvalue weighted by Gasteiger charge is 2.26. The lowest BCUT2D eigenvalue weighted by molar-refractivity contribution is 0.348. The zero-order valence-corrected chi connectivity index (χ0v) is 10.6. The van der Waals surface area contributed by atoms with Gasteiger partial charge in [-0.1, -0.05) is 19.3 Å². The van der Waals surface area contributed by atoms with Gasteiger partial charge in [-0.3, -0.25) is 0 Å². The minimum Gasteiger partial charge on any atom is -0.365 e. The van der Waals surface area contributed by atoms with E-state index in [0.717, 1.165) is 11.5 Å². The summed E-state index contributed by atoms with van der Waals surface area (Å²) in [5.74, 6) is 0.839. The van der Waals surface area contributed by atoms with Crippen molar-refractivity contribution in [3.8, 4) is 6.07 Å². The van der Waals surface area contributed by atoms with Gasteiger partial charge in [-0.25, -0.2) is 4.98 Å². The van der Waals surface area contributed by atoms with Crippen LogP contribution in [0.1, 0.15) is 50.3 Å². The maximum Gasteiger partial charge on any atom is 0.127 e. The van der Waals surface area contributed by atoms with Crippen LogP contribution in [0.3, 0.4) is 0 Å². The van der Waals surface area contributed by atoms with Gasteiger partial charge in [0.25, 0.3) is 0 Å². The Morgan fingerprint density at radius 1 is 1.29 bits per heavy atom. The number of anilines is 1. The SMILES string of the molecule is Cc1cc(C#N)cc(NC2(C)CCCCC2)n1. The summed E-state index contributed by atoms with van der Waals surface area (Å²) in [6, 6.07) is 5.83. The molecule has 1 aliphatic carbocycles. The van der Waals surface area contributed by atoms with E-state index in [2.05, 4.69) is 23.3 Å². The molecular weight excluding hydrogens is 210 g/mol. The number of hydrogen-bond acceptors (Lipinski definition) is 3. The van der Waals surface area contributed by atoms with Crippen LogP contribution in [-0.2, 0) is 0 Å². The number of nitriles is 1. The largest absolute Gasteiger partial charge is 0.365 e. The van der Waals surface area contributed by atoms with Gasteiger partial charge in [0, 0.05) is 11.2 Å². The molecule has 1 fully saturated rings. The van der Waals surface area contributed by atoms with E-state index in [-0.39, 0.29) is 5.54 Å². The molecule has 1 heterocycles. The average molecular weight is 229 g/mol.